The molecule has 2 atom stereocenters. The number of hydrogen-bond donors (Lipinski definition) is 1. The van der Waals surface area contributed by atoms with E-state index >= 15 is 0 Å². The SMILES string of the molecule is Cc1c(F)c(F)c([N+](=O)[O-])c2c(=O)c(C(=O)O)cn([C@@H]3C[C@@H]3F)c12. The average Bonchev–Trinajstić information content (AvgIpc) is 3.22. The van der Waals surface area contributed by atoms with Gasteiger partial charge in [-0.2, -0.15) is 4.39 Å². The highest BCUT2D eigenvalue weighted by Crippen LogP contribution is 2.42. The Kier molecular flexibility index (Phi) is 3.36. The van der Waals surface area contributed by atoms with Crippen LogP contribution in [-0.4, -0.2) is 26.7 Å². The van der Waals surface area contributed by atoms with Gasteiger partial charge in [0.2, 0.25) is 11.2 Å². The van der Waals surface area contributed by atoms with Crippen LogP contribution in [0.5, 0.6) is 0 Å². The lowest BCUT2D eigenvalue weighted by Gasteiger charge is -2.14. The Balaban J connectivity index is 2.62. The van der Waals surface area contributed by atoms with Crippen molar-refractivity contribution >= 4 is 22.6 Å². The van der Waals surface area contributed by atoms with E-state index in [0.717, 1.165) is 17.7 Å². The predicted molar refractivity (Wildman–Crippen MR) is 75.0 cm³/mol. The topological polar surface area (TPSA) is 102 Å². The van der Waals surface area contributed by atoms with E-state index in [-0.39, 0.29) is 11.9 Å². The zero-order valence-corrected chi connectivity index (χ0v) is 12.0. The van der Waals surface area contributed by atoms with Crippen molar-refractivity contribution in [3.05, 3.63) is 49.3 Å². The summed E-state index contributed by atoms with van der Waals surface area (Å²) in [5.74, 6) is -5.10. The first-order valence-electron chi connectivity index (χ1n) is 6.75. The molecule has 0 aliphatic heterocycles. The second kappa shape index (κ2) is 5.05. The zero-order valence-electron chi connectivity index (χ0n) is 12.0. The number of nitrogens with zero attached hydrogens (tertiary/aromatic N) is 2. The van der Waals surface area contributed by atoms with Crippen molar-refractivity contribution in [3.63, 3.8) is 0 Å². The van der Waals surface area contributed by atoms with E-state index in [0.29, 0.717) is 0 Å². The molecule has 10 heteroatoms. The van der Waals surface area contributed by atoms with Crippen molar-refractivity contribution in [3.8, 4) is 0 Å². The molecule has 0 radical (unpaired) electrons. The van der Waals surface area contributed by atoms with Crippen LogP contribution in [0.4, 0.5) is 18.9 Å². The van der Waals surface area contributed by atoms with Gasteiger partial charge in [0, 0.05) is 18.2 Å². The fraction of sp³-hybridized carbons (Fsp3) is 0.286. The lowest BCUT2D eigenvalue weighted by molar-refractivity contribution is -0.386. The highest BCUT2D eigenvalue weighted by Gasteiger charge is 2.42. The normalized spacial score (nSPS) is 19.5. The van der Waals surface area contributed by atoms with E-state index in [1.807, 2.05) is 0 Å². The second-order valence-corrected chi connectivity index (χ2v) is 5.49. The number of aromatic carboxylic acids is 1. The third kappa shape index (κ3) is 2.06. The number of nitro groups is 1. The summed E-state index contributed by atoms with van der Waals surface area (Å²) >= 11 is 0. The molecule has 0 spiro atoms. The van der Waals surface area contributed by atoms with Crippen LogP contribution in [0.1, 0.15) is 28.4 Å². The van der Waals surface area contributed by atoms with Gasteiger partial charge in [-0.05, 0) is 6.92 Å². The molecule has 1 fully saturated rings. The van der Waals surface area contributed by atoms with Crippen LogP contribution in [0.15, 0.2) is 11.0 Å². The number of carbonyl (C=O) groups is 1. The van der Waals surface area contributed by atoms with E-state index in [9.17, 15) is 32.9 Å². The Hall–Kier alpha value is -2.91. The van der Waals surface area contributed by atoms with Crippen LogP contribution in [0.25, 0.3) is 10.9 Å². The number of hydrogen-bond acceptors (Lipinski definition) is 4. The summed E-state index contributed by atoms with van der Waals surface area (Å²) in [5, 5.41) is 19.3. The third-order valence-corrected chi connectivity index (χ3v) is 4.01. The molecule has 0 amide bonds. The van der Waals surface area contributed by atoms with Crippen LogP contribution < -0.4 is 5.43 Å². The van der Waals surface area contributed by atoms with Gasteiger partial charge in [0.1, 0.15) is 17.1 Å². The van der Waals surface area contributed by atoms with Crippen LogP contribution in [0.2, 0.25) is 0 Å². The number of aryl methyl sites for hydroxylation is 1. The lowest BCUT2D eigenvalue weighted by Crippen LogP contribution is -2.21. The van der Waals surface area contributed by atoms with Crippen molar-refractivity contribution in [2.45, 2.75) is 25.6 Å². The minimum atomic E-state index is -1.86. The Morgan fingerprint density at radius 3 is 2.46 bits per heavy atom. The molecule has 7 nitrogen and oxygen atoms in total. The summed E-state index contributed by atoms with van der Waals surface area (Å²) in [6.45, 7) is 1.08. The summed E-state index contributed by atoms with van der Waals surface area (Å²) < 4.78 is 42.4. The minimum absolute atomic E-state index is 0.0245. The molecule has 0 saturated heterocycles. The van der Waals surface area contributed by atoms with Crippen LogP contribution in [-0.2, 0) is 0 Å². The van der Waals surface area contributed by atoms with Gasteiger partial charge >= 0.3 is 11.7 Å². The number of carboxylic acids is 1. The molecule has 2 aromatic rings. The van der Waals surface area contributed by atoms with Gasteiger partial charge in [-0.15, -0.1) is 0 Å². The number of aromatic nitrogens is 1. The number of fused-ring (bicyclic) bond motifs is 1. The van der Waals surface area contributed by atoms with Gasteiger partial charge in [0.05, 0.1) is 16.5 Å². The maximum absolute atomic E-state index is 14.0. The number of benzene rings is 1. The highest BCUT2D eigenvalue weighted by molar-refractivity contribution is 5.97. The number of alkyl halides is 1. The average molecular weight is 342 g/mol. The number of rotatable bonds is 3. The largest absolute Gasteiger partial charge is 0.477 e. The number of pyridine rings is 1. The maximum atomic E-state index is 14.0. The molecule has 24 heavy (non-hydrogen) atoms. The summed E-state index contributed by atoms with van der Waals surface area (Å²) in [6.07, 6.45) is -0.585. The molecule has 3 rings (SSSR count). The predicted octanol–water partition coefficient (Wildman–Crippen LogP) is 2.48. The Morgan fingerprint density at radius 2 is 2.00 bits per heavy atom. The second-order valence-electron chi connectivity index (χ2n) is 5.49. The smallest absolute Gasteiger partial charge is 0.341 e. The van der Waals surface area contributed by atoms with Crippen LogP contribution >= 0.6 is 0 Å². The maximum Gasteiger partial charge on any atom is 0.341 e. The standard InChI is InChI=1S/C14H9F3N2O5/c1-4-9(16)10(17)12(19(23)24)8-11(4)18(7-2-6(7)15)3-5(13(8)20)14(21)22/h3,6-7H,2H2,1H3,(H,21,22)/t6-,7+/m0/s1. The van der Waals surface area contributed by atoms with E-state index in [1.165, 1.54) is 0 Å². The summed E-state index contributed by atoms with van der Waals surface area (Å²) in [5.41, 5.74) is -4.46. The van der Waals surface area contributed by atoms with Crippen LogP contribution in [0, 0.1) is 28.7 Å². The van der Waals surface area contributed by atoms with Gasteiger partial charge in [-0.3, -0.25) is 14.9 Å². The highest BCUT2D eigenvalue weighted by atomic mass is 19.2. The summed E-state index contributed by atoms with van der Waals surface area (Å²) in [6, 6.07) is -0.894. The Labute approximate surface area is 131 Å². The first-order valence-corrected chi connectivity index (χ1v) is 6.75. The van der Waals surface area contributed by atoms with E-state index in [4.69, 9.17) is 5.11 Å². The van der Waals surface area contributed by atoms with Gasteiger partial charge in [-0.25, -0.2) is 13.6 Å². The molecule has 1 aromatic carbocycles. The molecule has 1 heterocycles. The van der Waals surface area contributed by atoms with Crippen molar-refractivity contribution in [1.82, 2.24) is 4.57 Å². The third-order valence-electron chi connectivity index (χ3n) is 4.01. The minimum Gasteiger partial charge on any atom is -0.477 e. The molecular formula is C14H9F3N2O5. The molecule has 1 aliphatic carbocycles. The van der Waals surface area contributed by atoms with Crippen molar-refractivity contribution in [2.24, 2.45) is 0 Å². The number of halogens is 3. The molecule has 126 valence electrons. The van der Waals surface area contributed by atoms with Crippen molar-refractivity contribution in [1.29, 1.82) is 0 Å². The molecule has 0 unspecified atom stereocenters. The van der Waals surface area contributed by atoms with Crippen molar-refractivity contribution < 1.29 is 28.0 Å². The first-order chi connectivity index (χ1) is 11.2. The number of nitro benzene ring substituents is 1. The molecule has 1 N–H and O–H groups in total. The molecule has 1 aliphatic rings. The Bertz CT molecular complexity index is 985. The zero-order chi connectivity index (χ0) is 17.9. The fourth-order valence-electron chi connectivity index (χ4n) is 2.74. The number of carboxylic acid groups (broad SMARTS) is 1. The quantitative estimate of drug-likeness (QED) is 0.682. The molecule has 1 saturated carbocycles. The first kappa shape index (κ1) is 16.0. The molecule has 1 aromatic heterocycles. The molecular weight excluding hydrogens is 333 g/mol. The Morgan fingerprint density at radius 1 is 1.42 bits per heavy atom. The van der Waals surface area contributed by atoms with E-state index in [2.05, 4.69) is 0 Å². The summed E-state index contributed by atoms with van der Waals surface area (Å²) in [7, 11) is 0. The monoisotopic (exact) mass is 342 g/mol. The van der Waals surface area contributed by atoms with E-state index < -0.39 is 62.4 Å². The molecule has 0 bridgehead atoms. The summed E-state index contributed by atoms with van der Waals surface area (Å²) in [4.78, 5) is 33.4. The van der Waals surface area contributed by atoms with E-state index in [1.54, 1.807) is 0 Å². The van der Waals surface area contributed by atoms with Crippen LogP contribution in [0.3, 0.4) is 0 Å². The van der Waals surface area contributed by atoms with Crippen molar-refractivity contribution in [2.75, 3.05) is 0 Å². The van der Waals surface area contributed by atoms with Gasteiger partial charge in [-0.1, -0.05) is 0 Å². The van der Waals surface area contributed by atoms with Gasteiger partial charge < -0.3 is 9.67 Å². The lowest BCUT2D eigenvalue weighted by atomic mass is 10.0. The fourth-order valence-corrected chi connectivity index (χ4v) is 2.74. The van der Waals surface area contributed by atoms with Gasteiger partial charge in [0.15, 0.2) is 5.82 Å². The van der Waals surface area contributed by atoms with Gasteiger partial charge in [0.25, 0.3) is 0 Å².